The van der Waals surface area contributed by atoms with Gasteiger partial charge in [-0.3, -0.25) is 9.71 Å². The number of aryl methyl sites for hydroxylation is 1. The third kappa shape index (κ3) is 3.00. The van der Waals surface area contributed by atoms with Crippen LogP contribution in [0.2, 0.25) is 0 Å². The quantitative estimate of drug-likeness (QED) is 0.796. The van der Waals surface area contributed by atoms with Crippen LogP contribution in [0.3, 0.4) is 0 Å². The van der Waals surface area contributed by atoms with E-state index in [1.54, 1.807) is 18.3 Å². The number of benzene rings is 2. The highest BCUT2D eigenvalue weighted by atomic mass is 32.2. The van der Waals surface area contributed by atoms with Crippen LogP contribution < -0.4 is 4.72 Å². The maximum Gasteiger partial charge on any atom is 0.264 e. The first-order valence-electron chi connectivity index (χ1n) is 6.70. The lowest BCUT2D eigenvalue weighted by Gasteiger charge is -2.10. The van der Waals surface area contributed by atoms with E-state index in [1.807, 2.05) is 13.0 Å². The molecule has 0 radical (unpaired) electrons. The third-order valence-electron chi connectivity index (χ3n) is 3.27. The minimum atomic E-state index is -3.98. The van der Waals surface area contributed by atoms with Gasteiger partial charge in [0.05, 0.1) is 11.2 Å². The van der Waals surface area contributed by atoms with Gasteiger partial charge in [0.2, 0.25) is 0 Å². The van der Waals surface area contributed by atoms with Gasteiger partial charge >= 0.3 is 0 Å². The van der Waals surface area contributed by atoms with Crippen LogP contribution in [-0.2, 0) is 10.0 Å². The summed E-state index contributed by atoms with van der Waals surface area (Å²) in [6.45, 7) is 1.85. The predicted molar refractivity (Wildman–Crippen MR) is 83.6 cm³/mol. The highest BCUT2D eigenvalue weighted by Crippen LogP contribution is 2.24. The van der Waals surface area contributed by atoms with E-state index in [9.17, 15) is 17.2 Å². The van der Waals surface area contributed by atoms with Crippen molar-refractivity contribution in [3.05, 3.63) is 65.9 Å². The maximum atomic E-state index is 13.2. The molecule has 0 spiro atoms. The van der Waals surface area contributed by atoms with Crippen LogP contribution in [-0.4, -0.2) is 13.4 Å². The maximum absolute atomic E-state index is 13.2. The van der Waals surface area contributed by atoms with Crippen LogP contribution in [0, 0.1) is 18.6 Å². The van der Waals surface area contributed by atoms with Gasteiger partial charge in [-0.15, -0.1) is 0 Å². The van der Waals surface area contributed by atoms with Crippen LogP contribution in [0.15, 0.2) is 53.6 Å². The Balaban J connectivity index is 2.07. The first-order valence-corrected chi connectivity index (χ1v) is 8.18. The molecule has 2 aromatic carbocycles. The Bertz CT molecular complexity index is 1000. The van der Waals surface area contributed by atoms with Gasteiger partial charge < -0.3 is 0 Å². The fraction of sp³-hybridized carbons (Fsp3) is 0.0625. The van der Waals surface area contributed by atoms with Crippen LogP contribution >= 0.6 is 0 Å². The number of para-hydroxylation sites is 1. The number of hydrogen-bond acceptors (Lipinski definition) is 3. The topological polar surface area (TPSA) is 59.1 Å². The van der Waals surface area contributed by atoms with E-state index in [1.165, 1.54) is 6.07 Å². The minimum absolute atomic E-state index is 0.0280. The first kappa shape index (κ1) is 15.4. The molecule has 1 N–H and O–H groups in total. The van der Waals surface area contributed by atoms with Gasteiger partial charge in [-0.2, -0.15) is 0 Å². The number of hydrogen-bond donors (Lipinski definition) is 1. The largest absolute Gasteiger partial charge is 0.279 e. The molecule has 118 valence electrons. The lowest BCUT2D eigenvalue weighted by molar-refractivity contribution is 0.509. The second kappa shape index (κ2) is 5.58. The van der Waals surface area contributed by atoms with Gasteiger partial charge in [0.15, 0.2) is 11.6 Å². The molecule has 0 aliphatic carbocycles. The molecule has 0 aliphatic heterocycles. The molecule has 0 bridgehead atoms. The van der Waals surface area contributed by atoms with Gasteiger partial charge in [-0.05, 0) is 36.8 Å². The molecule has 0 amide bonds. The molecule has 0 atom stereocenters. The van der Waals surface area contributed by atoms with Gasteiger partial charge in [-0.25, -0.2) is 17.2 Å². The molecule has 0 fully saturated rings. The van der Waals surface area contributed by atoms with Crippen molar-refractivity contribution in [2.45, 2.75) is 11.8 Å². The van der Waals surface area contributed by atoms with Crippen molar-refractivity contribution in [3.8, 4) is 0 Å². The lowest BCUT2D eigenvalue weighted by Crippen LogP contribution is -2.14. The molecule has 3 aromatic rings. The molecular weight excluding hydrogens is 322 g/mol. The molecule has 23 heavy (non-hydrogen) atoms. The van der Waals surface area contributed by atoms with Crippen molar-refractivity contribution in [1.82, 2.24) is 4.98 Å². The van der Waals surface area contributed by atoms with Gasteiger partial charge in [0.1, 0.15) is 4.90 Å². The zero-order chi connectivity index (χ0) is 16.6. The molecule has 7 heteroatoms. The van der Waals surface area contributed by atoms with Crippen molar-refractivity contribution >= 4 is 26.6 Å². The zero-order valence-corrected chi connectivity index (χ0v) is 12.9. The molecule has 0 saturated carbocycles. The first-order chi connectivity index (χ1) is 10.9. The Morgan fingerprint density at radius 2 is 1.83 bits per heavy atom. The molecule has 1 heterocycles. The highest BCUT2D eigenvalue weighted by Gasteiger charge is 2.19. The van der Waals surface area contributed by atoms with Crippen molar-refractivity contribution in [3.63, 3.8) is 0 Å². The van der Waals surface area contributed by atoms with E-state index in [-0.39, 0.29) is 10.6 Å². The Labute approximate surface area is 131 Å². The summed E-state index contributed by atoms with van der Waals surface area (Å²) >= 11 is 0. The van der Waals surface area contributed by atoms with Crippen molar-refractivity contribution in [2.75, 3.05) is 4.72 Å². The summed E-state index contributed by atoms with van der Waals surface area (Å²) < 4.78 is 53.5. The lowest BCUT2D eigenvalue weighted by atomic mass is 10.2. The standard InChI is InChI=1S/C16H12F2N2O2S/c1-10-7-11-3-2-4-15(16(11)19-9-10)23(21,22)20-12-5-6-13(17)14(18)8-12/h2-9,20H,1H3. The van der Waals surface area contributed by atoms with Gasteiger partial charge in [-0.1, -0.05) is 12.1 Å². The van der Waals surface area contributed by atoms with Crippen LogP contribution in [0.4, 0.5) is 14.5 Å². The van der Waals surface area contributed by atoms with E-state index in [0.29, 0.717) is 10.9 Å². The van der Waals surface area contributed by atoms with E-state index in [2.05, 4.69) is 9.71 Å². The Morgan fingerprint density at radius 1 is 1.04 bits per heavy atom. The fourth-order valence-electron chi connectivity index (χ4n) is 2.23. The monoisotopic (exact) mass is 334 g/mol. The van der Waals surface area contributed by atoms with Gasteiger partial charge in [0, 0.05) is 17.6 Å². The average Bonchev–Trinajstić information content (AvgIpc) is 2.49. The number of aromatic nitrogens is 1. The van der Waals surface area contributed by atoms with Crippen LogP contribution in [0.25, 0.3) is 10.9 Å². The Morgan fingerprint density at radius 3 is 2.57 bits per heavy atom. The number of rotatable bonds is 3. The number of anilines is 1. The van der Waals surface area contributed by atoms with Crippen LogP contribution in [0.1, 0.15) is 5.56 Å². The highest BCUT2D eigenvalue weighted by molar-refractivity contribution is 7.93. The van der Waals surface area contributed by atoms with E-state index in [4.69, 9.17) is 0 Å². The van der Waals surface area contributed by atoms with Crippen molar-refractivity contribution in [1.29, 1.82) is 0 Å². The van der Waals surface area contributed by atoms with Crippen molar-refractivity contribution in [2.24, 2.45) is 0 Å². The molecular formula is C16H12F2N2O2S. The van der Waals surface area contributed by atoms with Crippen molar-refractivity contribution < 1.29 is 17.2 Å². The molecule has 1 aromatic heterocycles. The Kier molecular flexibility index (Phi) is 3.73. The summed E-state index contributed by atoms with van der Waals surface area (Å²) in [6, 6.07) is 9.38. The molecule has 3 rings (SSSR count). The summed E-state index contributed by atoms with van der Waals surface area (Å²) in [6.07, 6.45) is 1.57. The number of pyridine rings is 1. The summed E-state index contributed by atoms with van der Waals surface area (Å²) in [7, 11) is -3.98. The Hall–Kier alpha value is -2.54. The third-order valence-corrected chi connectivity index (χ3v) is 4.68. The number of halogens is 2. The number of sulfonamides is 1. The van der Waals surface area contributed by atoms with E-state index in [0.717, 1.165) is 23.8 Å². The summed E-state index contributed by atoms with van der Waals surface area (Å²) in [5.74, 6) is -2.17. The minimum Gasteiger partial charge on any atom is -0.279 e. The molecule has 4 nitrogen and oxygen atoms in total. The SMILES string of the molecule is Cc1cnc2c(S(=O)(=O)Nc3ccc(F)c(F)c3)cccc2c1. The fourth-order valence-corrected chi connectivity index (χ4v) is 3.46. The number of nitrogens with one attached hydrogen (secondary N) is 1. The molecule has 0 aliphatic rings. The smallest absolute Gasteiger partial charge is 0.264 e. The second-order valence-electron chi connectivity index (χ2n) is 5.07. The average molecular weight is 334 g/mol. The predicted octanol–water partition coefficient (Wildman–Crippen LogP) is 3.62. The summed E-state index contributed by atoms with van der Waals surface area (Å²) in [5, 5.41) is 0.679. The number of fused-ring (bicyclic) bond motifs is 1. The van der Waals surface area contributed by atoms with Crippen LogP contribution in [0.5, 0.6) is 0 Å². The van der Waals surface area contributed by atoms with Gasteiger partial charge in [0.25, 0.3) is 10.0 Å². The van der Waals surface area contributed by atoms with E-state index >= 15 is 0 Å². The number of nitrogens with zero attached hydrogens (tertiary/aromatic N) is 1. The normalized spacial score (nSPS) is 11.6. The second-order valence-corrected chi connectivity index (χ2v) is 6.73. The molecule has 0 unspecified atom stereocenters. The summed E-state index contributed by atoms with van der Waals surface area (Å²) in [4.78, 5) is 4.14. The van der Waals surface area contributed by atoms with E-state index < -0.39 is 21.7 Å². The summed E-state index contributed by atoms with van der Waals surface area (Å²) in [5.41, 5.74) is 1.15. The molecule has 0 saturated heterocycles. The zero-order valence-electron chi connectivity index (χ0n) is 12.0.